The van der Waals surface area contributed by atoms with Gasteiger partial charge in [0.05, 0.1) is 0 Å². The van der Waals surface area contributed by atoms with E-state index >= 15 is 0 Å². The molecule has 0 aliphatic heterocycles. The van der Waals surface area contributed by atoms with Gasteiger partial charge in [0.25, 0.3) is 0 Å². The third kappa shape index (κ3) is 2.62. The molecular weight excluding hydrogens is 154 g/mol. The summed E-state index contributed by atoms with van der Waals surface area (Å²) in [7, 11) is 0. The van der Waals surface area contributed by atoms with Crippen LogP contribution in [0.2, 0.25) is 0 Å². The zero-order valence-corrected chi connectivity index (χ0v) is 5.54. The largest absolute Gasteiger partial charge is 0.387 e. The fourth-order valence-electron chi connectivity index (χ4n) is 0.436. The van der Waals surface area contributed by atoms with Crippen LogP contribution in [0.1, 0.15) is 0 Å². The van der Waals surface area contributed by atoms with Gasteiger partial charge in [-0.2, -0.15) is 0 Å². The first kappa shape index (κ1) is 10.0. The van der Waals surface area contributed by atoms with Gasteiger partial charge in [-0.3, -0.25) is 4.79 Å². The molecule has 6 heteroatoms. The second-order valence-electron chi connectivity index (χ2n) is 1.96. The monoisotopic (exact) mass is 163 g/mol. The molecule has 0 saturated heterocycles. The van der Waals surface area contributed by atoms with Gasteiger partial charge in [-0.15, -0.1) is 0 Å². The van der Waals surface area contributed by atoms with Crippen LogP contribution in [0.25, 0.3) is 0 Å². The van der Waals surface area contributed by atoms with E-state index in [1.807, 2.05) is 0 Å². The lowest BCUT2D eigenvalue weighted by molar-refractivity contribution is -0.140. The summed E-state index contributed by atoms with van der Waals surface area (Å²) in [6.45, 7) is 0. The smallest absolute Gasteiger partial charge is 0.249 e. The summed E-state index contributed by atoms with van der Waals surface area (Å²) >= 11 is 0. The molecule has 0 saturated carbocycles. The topological polar surface area (TPSA) is 121 Å². The Morgan fingerprint density at radius 3 is 2.09 bits per heavy atom. The first-order valence-corrected chi connectivity index (χ1v) is 2.79. The normalized spacial score (nSPS) is 18.5. The molecule has 64 valence electrons. The summed E-state index contributed by atoms with van der Waals surface area (Å²) < 4.78 is 0. The molecule has 3 atom stereocenters. The summed E-state index contributed by atoms with van der Waals surface area (Å²) in [5, 5.41) is 25.9. The van der Waals surface area contributed by atoms with Crippen LogP contribution < -0.4 is 5.73 Å². The van der Waals surface area contributed by atoms with E-state index in [0.717, 1.165) is 0 Å². The number of rotatable bonds is 4. The lowest BCUT2D eigenvalue weighted by Crippen LogP contribution is -2.45. The summed E-state index contributed by atoms with van der Waals surface area (Å²) in [6, 6.07) is 0. The maximum absolute atomic E-state index is 10.1. The molecule has 0 aliphatic rings. The number of amides is 1. The second kappa shape index (κ2) is 4.02. The van der Waals surface area contributed by atoms with E-state index in [1.165, 1.54) is 0 Å². The first-order chi connectivity index (χ1) is 5.00. The van der Waals surface area contributed by atoms with Crippen molar-refractivity contribution < 1.29 is 24.9 Å². The number of hydrogen-bond acceptors (Lipinski definition) is 5. The van der Waals surface area contributed by atoms with Gasteiger partial charge < -0.3 is 25.8 Å². The minimum Gasteiger partial charge on any atom is -0.387 e. The van der Waals surface area contributed by atoms with Gasteiger partial charge in [0.2, 0.25) is 5.91 Å². The van der Waals surface area contributed by atoms with Gasteiger partial charge in [-0.05, 0) is 0 Å². The maximum Gasteiger partial charge on any atom is 0.249 e. The molecule has 0 aromatic rings. The Hall–Kier alpha value is -0.980. The highest BCUT2D eigenvalue weighted by Crippen LogP contribution is 1.96. The summed E-state index contributed by atoms with van der Waals surface area (Å²) in [4.78, 5) is 19.9. The molecule has 11 heavy (non-hydrogen) atoms. The minimum absolute atomic E-state index is 0.00315. The van der Waals surface area contributed by atoms with E-state index in [0.29, 0.717) is 0 Å². The van der Waals surface area contributed by atoms with Crippen LogP contribution >= 0.6 is 0 Å². The van der Waals surface area contributed by atoms with Crippen molar-refractivity contribution in [1.82, 2.24) is 0 Å². The molecule has 6 nitrogen and oxygen atoms in total. The van der Waals surface area contributed by atoms with E-state index in [9.17, 15) is 9.59 Å². The molecule has 0 rings (SSSR count). The molecule has 5 N–H and O–H groups in total. The van der Waals surface area contributed by atoms with E-state index in [-0.39, 0.29) is 6.29 Å². The number of carbonyl (C=O) groups is 2. The molecule has 0 fully saturated rings. The van der Waals surface area contributed by atoms with Crippen LogP contribution in [0.5, 0.6) is 0 Å². The van der Waals surface area contributed by atoms with Gasteiger partial charge in [0, 0.05) is 0 Å². The van der Waals surface area contributed by atoms with Crippen molar-refractivity contribution in [2.24, 2.45) is 5.73 Å². The van der Waals surface area contributed by atoms with Crippen LogP contribution in [-0.2, 0) is 9.59 Å². The highest BCUT2D eigenvalue weighted by molar-refractivity contribution is 5.80. The van der Waals surface area contributed by atoms with Crippen molar-refractivity contribution in [3.8, 4) is 0 Å². The molecule has 1 amide bonds. The number of aliphatic hydroxyl groups is 3. The molecule has 0 unspecified atom stereocenters. The van der Waals surface area contributed by atoms with E-state index in [2.05, 4.69) is 5.73 Å². The van der Waals surface area contributed by atoms with Gasteiger partial charge in [-0.1, -0.05) is 0 Å². The average Bonchev–Trinajstić information content (AvgIpc) is 2.00. The van der Waals surface area contributed by atoms with Crippen LogP contribution in [0.4, 0.5) is 0 Å². The summed E-state index contributed by atoms with van der Waals surface area (Å²) in [5.74, 6) is -1.20. The molecule has 0 aromatic heterocycles. The van der Waals surface area contributed by atoms with E-state index in [1.54, 1.807) is 0 Å². The average molecular weight is 163 g/mol. The van der Waals surface area contributed by atoms with Crippen LogP contribution in [0, 0.1) is 0 Å². The molecule has 0 spiro atoms. The van der Waals surface area contributed by atoms with Crippen LogP contribution in [-0.4, -0.2) is 45.8 Å². The third-order valence-electron chi connectivity index (χ3n) is 1.10. The van der Waals surface area contributed by atoms with Crippen molar-refractivity contribution >= 4 is 12.2 Å². The standard InChI is InChI=1S/C5H9NO5/c6-5(11)4(10)3(9)2(8)1-7/h1-4,8-10H,(H2,6,11)/t2-,3+,4-/m1/s1. The van der Waals surface area contributed by atoms with Crippen molar-refractivity contribution in [2.45, 2.75) is 18.3 Å². The fraction of sp³-hybridized carbons (Fsp3) is 0.600. The highest BCUT2D eigenvalue weighted by atomic mass is 16.4. The molecule has 0 aromatic carbocycles. The number of nitrogens with two attached hydrogens (primary N) is 1. The number of primary amides is 1. The Bertz CT molecular complexity index is 159. The number of carbonyl (C=O) groups excluding carboxylic acids is 2. The second-order valence-corrected chi connectivity index (χ2v) is 1.96. The zero-order chi connectivity index (χ0) is 9.02. The van der Waals surface area contributed by atoms with Gasteiger partial charge in [-0.25, -0.2) is 0 Å². The lowest BCUT2D eigenvalue weighted by Gasteiger charge is -2.15. The van der Waals surface area contributed by atoms with Crippen molar-refractivity contribution in [3.63, 3.8) is 0 Å². The Morgan fingerprint density at radius 1 is 1.36 bits per heavy atom. The fourth-order valence-corrected chi connectivity index (χ4v) is 0.436. The van der Waals surface area contributed by atoms with Crippen LogP contribution in [0.3, 0.4) is 0 Å². The Morgan fingerprint density at radius 2 is 1.82 bits per heavy atom. The molecular formula is C5H9NO5. The van der Waals surface area contributed by atoms with Gasteiger partial charge in [0.15, 0.2) is 12.4 Å². The molecule has 0 heterocycles. The SMILES string of the molecule is NC(=O)[C@H](O)[C@@H](O)[C@H](O)C=O. The Kier molecular flexibility index (Phi) is 3.66. The quantitative estimate of drug-likeness (QED) is 0.324. The minimum atomic E-state index is -1.92. The zero-order valence-electron chi connectivity index (χ0n) is 5.54. The Labute approximate surface area is 62.2 Å². The first-order valence-electron chi connectivity index (χ1n) is 2.79. The molecule has 0 radical (unpaired) electrons. The van der Waals surface area contributed by atoms with Crippen LogP contribution in [0.15, 0.2) is 0 Å². The number of hydrogen-bond donors (Lipinski definition) is 4. The van der Waals surface area contributed by atoms with E-state index in [4.69, 9.17) is 15.3 Å². The van der Waals surface area contributed by atoms with Crippen molar-refractivity contribution in [3.05, 3.63) is 0 Å². The van der Waals surface area contributed by atoms with Gasteiger partial charge >= 0.3 is 0 Å². The predicted molar refractivity (Wildman–Crippen MR) is 33.3 cm³/mol. The lowest BCUT2D eigenvalue weighted by atomic mass is 10.1. The van der Waals surface area contributed by atoms with Crippen molar-refractivity contribution in [2.75, 3.05) is 0 Å². The third-order valence-corrected chi connectivity index (χ3v) is 1.10. The van der Waals surface area contributed by atoms with E-state index < -0.39 is 24.2 Å². The number of aldehydes is 1. The summed E-state index contributed by atoms with van der Waals surface area (Å²) in [5.41, 5.74) is 4.55. The molecule has 0 aliphatic carbocycles. The number of aliphatic hydroxyl groups excluding tert-OH is 3. The van der Waals surface area contributed by atoms with Crippen molar-refractivity contribution in [1.29, 1.82) is 0 Å². The summed E-state index contributed by atoms with van der Waals surface area (Å²) in [6.07, 6.45) is -5.57. The van der Waals surface area contributed by atoms with Gasteiger partial charge in [0.1, 0.15) is 12.2 Å². The predicted octanol–water partition coefficient (Wildman–Crippen LogP) is -3.25. The Balaban J connectivity index is 4.11. The highest BCUT2D eigenvalue weighted by Gasteiger charge is 2.27. The maximum atomic E-state index is 10.1. The molecule has 0 bridgehead atoms.